The molecule has 0 bridgehead atoms. The lowest BCUT2D eigenvalue weighted by atomic mass is 9.33. The van der Waals surface area contributed by atoms with Crippen LogP contribution in [-0.2, 0) is 54.1 Å². The van der Waals surface area contributed by atoms with Crippen LogP contribution in [-0.4, -0.2) is 6.71 Å². The van der Waals surface area contributed by atoms with Gasteiger partial charge in [0.15, 0.2) is 0 Å². The predicted molar refractivity (Wildman–Crippen MR) is 506 cm³/mol. The highest BCUT2D eigenvalue weighted by Gasteiger charge is 2.48. The molecule has 115 heavy (non-hydrogen) atoms. The van der Waals surface area contributed by atoms with Gasteiger partial charge in [-0.15, -0.1) is 0 Å². The molecule has 0 saturated carbocycles. The normalized spacial score (nSPS) is 17.2. The van der Waals surface area contributed by atoms with E-state index in [1.165, 1.54) is 0 Å². The van der Waals surface area contributed by atoms with Crippen molar-refractivity contribution in [1.82, 2.24) is 0 Å². The van der Waals surface area contributed by atoms with E-state index in [1.54, 1.807) is 129 Å². The fraction of sp³-hybridized carbons (Fsp3) is 0.357. The van der Waals surface area contributed by atoms with Gasteiger partial charge in [-0.2, -0.15) is 0 Å². The molecule has 0 saturated heterocycles. The third-order valence-corrected chi connectivity index (χ3v) is 22.0. The second-order valence-electron chi connectivity index (χ2n) is 41.8. The van der Waals surface area contributed by atoms with Crippen molar-refractivity contribution in [2.75, 3.05) is 9.80 Å². The van der Waals surface area contributed by atoms with Gasteiger partial charge in [0.05, 0.1) is 49.8 Å². The Kier molecular flexibility index (Phi) is 13.3. The van der Waals surface area contributed by atoms with Crippen LogP contribution in [0, 0.1) is 0 Å². The topological polar surface area (TPSA) is 6.48 Å². The lowest BCUT2D eigenvalue weighted by Gasteiger charge is -2.47. The number of rotatable bonds is 9. The molecule has 2 aliphatic rings. The van der Waals surface area contributed by atoms with Crippen LogP contribution in [0.4, 0.5) is 34.1 Å². The van der Waals surface area contributed by atoms with Crippen molar-refractivity contribution in [3.8, 4) is 77.9 Å². The summed E-state index contributed by atoms with van der Waals surface area (Å²) in [6, 6.07) is 3.85. The first-order valence-corrected chi connectivity index (χ1v) is 40.3. The van der Waals surface area contributed by atoms with Crippen LogP contribution in [0.1, 0.15) is 302 Å². The van der Waals surface area contributed by atoms with Crippen LogP contribution in [0.3, 0.4) is 0 Å². The molecule has 0 N–H and O–H groups in total. The van der Waals surface area contributed by atoms with Crippen molar-refractivity contribution >= 4 is 57.2 Å². The van der Waals surface area contributed by atoms with Gasteiger partial charge in [-0.05, 0) is 230 Å². The maximum Gasteiger partial charge on any atom is 0.252 e. The Morgan fingerprint density at radius 2 is 0.513 bits per heavy atom. The van der Waals surface area contributed by atoms with Crippen LogP contribution in [0.25, 0.3) is 77.9 Å². The summed E-state index contributed by atoms with van der Waals surface area (Å²) >= 11 is 0. The largest absolute Gasteiger partial charge is 0.310 e. The Bertz CT molecular complexity index is 6890. The number of fused-ring (bicyclic) bond motifs is 4. The second-order valence-corrected chi connectivity index (χ2v) is 41.8. The maximum atomic E-state index is 11.8. The zero-order chi connectivity index (χ0) is 108. The minimum atomic E-state index is -1.36. The monoisotopic (exact) mass is 1540 g/mol. The van der Waals surface area contributed by atoms with E-state index in [0.717, 1.165) is 11.1 Å². The SMILES string of the molecule is [2H]c1c([2H])c([2H])c(-c2ccc3c(c2)N(c2c(-c4c([2H])c([2H])c(C(C)(C)C)c([2H])c4[2H])c([2H])c(C(C)(C)C)c([2H])c2-c2c(C(C)(C)C)c([2H])c([2H])c([2H])c2C(C)(C)C)c2cc(-c4cc(C(C)(C)C)cc(C(C)(C)C)c4)cc4c2B3c2ccc(-c3c([2H])c([2H])c([2H])c([2H])c3[2H])cc2N4c2c(-c3c([2H])c([2H])c(C(C)(C)C)c([2H])c3[2H])c([2H])c(C(C)(C)C)c([2H])c2-c2c(C(C)(C)C)c([2H])c([2H])c([2H])c2C(C)(C)C)c([2H])c1[2H]. The summed E-state index contributed by atoms with van der Waals surface area (Å²) in [6.45, 7) is 54.2. The molecular weight excluding hydrogens is 1380 g/mol. The second kappa shape index (κ2) is 28.6. The molecule has 2 aliphatic heterocycles. The Labute approximate surface area is 733 Å². The van der Waals surface area contributed by atoms with Crippen molar-refractivity contribution < 1.29 is 38.4 Å². The van der Waals surface area contributed by atoms with Crippen LogP contribution in [0.5, 0.6) is 0 Å². The lowest BCUT2D eigenvalue weighted by Crippen LogP contribution is -2.61. The van der Waals surface area contributed by atoms with Gasteiger partial charge in [-0.25, -0.2) is 0 Å². The van der Waals surface area contributed by atoms with E-state index < -0.39 is 241 Å². The average molecular weight is 1540 g/mol. The molecule has 0 spiro atoms. The molecule has 0 radical (unpaired) electrons. The van der Waals surface area contributed by atoms with Gasteiger partial charge in [0, 0.05) is 45.0 Å². The van der Waals surface area contributed by atoms with Gasteiger partial charge in [0.1, 0.15) is 0 Å². The standard InChI is InChI=1S/C112H129BN2/c1-103(2,3)78-53-47-72(48-54-78)84-66-82(107(13,14)15)68-86(98-88(109(19,20)21)43-37-44-89(98)110(22,23)24)101(84)114-94-61-74(70-39-33-31-34-40-70)51-57-92(94)113-93-58-52-75(71-41-35-32-36-42-71)62-95(93)115(97-64-77(63-96(114)100(97)113)76-59-80(105(7,8)9)65-81(60-76)106(10,11)12)102-85(73-49-55-79(56-50-73)104(4,5)6)67-83(108(16,17)18)69-87(102)99-90(111(25,26)27)45-38-46-91(99)112(28,29)30/h31-69H,1-30H3/i31D,32D,33D,34D,35D,36D,37D,38D,39D,40D,41D,42D,43D,44D,45D,46D,47D,48D,49D,50D,53D,54D,55D,56D,66D,67D,68D,69D. The van der Waals surface area contributed by atoms with E-state index in [9.17, 15) is 35.6 Å². The van der Waals surface area contributed by atoms with Crippen LogP contribution < -0.4 is 26.2 Å². The van der Waals surface area contributed by atoms with Crippen molar-refractivity contribution in [3.63, 3.8) is 0 Å². The van der Waals surface area contributed by atoms with Crippen LogP contribution in [0.15, 0.2) is 236 Å². The smallest absolute Gasteiger partial charge is 0.252 e. The zero-order valence-corrected chi connectivity index (χ0v) is 73.3. The third-order valence-electron chi connectivity index (χ3n) is 22.0. The molecule has 0 atom stereocenters. The molecule has 12 aromatic rings. The minimum absolute atomic E-state index is 0.000104. The molecule has 0 aromatic heterocycles. The first-order chi connectivity index (χ1) is 65.1. The van der Waals surface area contributed by atoms with Gasteiger partial charge < -0.3 is 9.80 Å². The average Bonchev–Trinajstić information content (AvgIpc) is 0.680. The molecule has 14 rings (SSSR count). The Morgan fingerprint density at radius 3 is 0.809 bits per heavy atom. The number of hydrogen-bond acceptors (Lipinski definition) is 2. The van der Waals surface area contributed by atoms with Crippen molar-refractivity contribution in [2.45, 2.75) is 262 Å². The molecule has 0 unspecified atom stereocenters. The van der Waals surface area contributed by atoms with Crippen molar-refractivity contribution in [1.29, 1.82) is 0 Å². The summed E-state index contributed by atoms with van der Waals surface area (Å²) in [7, 11) is 0. The zero-order valence-electron chi connectivity index (χ0n) is 101. The van der Waals surface area contributed by atoms with E-state index >= 15 is 0 Å². The molecule has 0 aliphatic carbocycles. The molecule has 0 amide bonds. The molecule has 2 heterocycles. The molecule has 590 valence electrons. The maximum absolute atomic E-state index is 11.8. The summed E-state index contributed by atoms with van der Waals surface area (Å²) in [4.78, 5) is 3.44. The first kappa shape index (κ1) is 53.5. The molecule has 2 nitrogen and oxygen atoms in total. The number of benzene rings is 12. The molecular formula is C112H129BN2. The van der Waals surface area contributed by atoms with Crippen molar-refractivity contribution in [2.24, 2.45) is 0 Å². The van der Waals surface area contributed by atoms with Crippen LogP contribution in [0.2, 0.25) is 0 Å². The predicted octanol–water partition coefficient (Wildman–Crippen LogP) is 30.4. The molecule has 12 aromatic carbocycles. The summed E-state index contributed by atoms with van der Waals surface area (Å²) in [5.41, 5.74) is -10.6. The lowest BCUT2D eigenvalue weighted by molar-refractivity contribution is 0.569. The summed E-state index contributed by atoms with van der Waals surface area (Å²) < 4.78 is 291. The first-order valence-electron chi connectivity index (χ1n) is 54.3. The number of nitrogens with zero attached hydrogens (tertiary/aromatic N) is 2. The highest BCUT2D eigenvalue weighted by Crippen LogP contribution is 2.59. The van der Waals surface area contributed by atoms with Crippen molar-refractivity contribution in [3.05, 3.63) is 292 Å². The van der Waals surface area contributed by atoms with Gasteiger partial charge in [0.25, 0.3) is 6.71 Å². The Morgan fingerprint density at radius 1 is 0.226 bits per heavy atom. The van der Waals surface area contributed by atoms with Gasteiger partial charge >= 0.3 is 0 Å². The van der Waals surface area contributed by atoms with E-state index in [2.05, 4.69) is 47.6 Å². The van der Waals surface area contributed by atoms with Gasteiger partial charge in [-0.1, -0.05) is 395 Å². The quantitative estimate of drug-likeness (QED) is 0.133. The fourth-order valence-electron chi connectivity index (χ4n) is 15.6. The van der Waals surface area contributed by atoms with E-state index in [0.29, 0.717) is 11.1 Å². The van der Waals surface area contributed by atoms with E-state index in [1.807, 2.05) is 107 Å². The molecule has 3 heteroatoms. The van der Waals surface area contributed by atoms with Gasteiger partial charge in [-0.3, -0.25) is 0 Å². The number of hydrogen-bond donors (Lipinski definition) is 0. The van der Waals surface area contributed by atoms with E-state index in [-0.39, 0.29) is 151 Å². The van der Waals surface area contributed by atoms with Gasteiger partial charge in [0.2, 0.25) is 0 Å². The fourth-order valence-corrected chi connectivity index (χ4v) is 15.6. The highest BCUT2D eigenvalue weighted by atomic mass is 15.2. The summed E-state index contributed by atoms with van der Waals surface area (Å²) in [6.07, 6.45) is 0. The van der Waals surface area contributed by atoms with E-state index in [4.69, 9.17) is 2.74 Å². The Hall–Kier alpha value is -9.70. The number of anilines is 6. The summed E-state index contributed by atoms with van der Waals surface area (Å²) in [5.74, 6) is 0. The minimum Gasteiger partial charge on any atom is -0.310 e. The highest BCUT2D eigenvalue weighted by molar-refractivity contribution is 7.00. The Balaban J connectivity index is 1.46. The van der Waals surface area contributed by atoms with Crippen LogP contribution >= 0.6 is 0 Å². The molecule has 0 fully saturated rings. The third kappa shape index (κ3) is 15.6. The summed E-state index contributed by atoms with van der Waals surface area (Å²) in [5, 5.41) is 0.